The lowest BCUT2D eigenvalue weighted by atomic mass is 10.3. The van der Waals surface area contributed by atoms with Gasteiger partial charge in [0.15, 0.2) is 11.5 Å². The lowest BCUT2D eigenvalue weighted by molar-refractivity contribution is 0.0776. The van der Waals surface area contributed by atoms with E-state index in [0.717, 1.165) is 0 Å². The first-order valence-corrected chi connectivity index (χ1v) is 7.22. The van der Waals surface area contributed by atoms with Crippen molar-refractivity contribution in [2.75, 3.05) is 12.8 Å². The van der Waals surface area contributed by atoms with Crippen molar-refractivity contribution in [1.82, 2.24) is 24.8 Å². The van der Waals surface area contributed by atoms with Gasteiger partial charge < -0.3 is 15.6 Å². The van der Waals surface area contributed by atoms with Crippen molar-refractivity contribution < 1.29 is 4.79 Å². The molecule has 0 atom stereocenters. The van der Waals surface area contributed by atoms with E-state index in [1.54, 1.807) is 18.5 Å². The van der Waals surface area contributed by atoms with Crippen LogP contribution < -0.4 is 11.3 Å². The summed E-state index contributed by atoms with van der Waals surface area (Å²) in [6.45, 7) is 0.135. The Kier molecular flexibility index (Phi) is 3.55. The highest BCUT2D eigenvalue weighted by atomic mass is 32.1. The molecule has 0 aliphatic rings. The highest BCUT2D eigenvalue weighted by Gasteiger charge is 2.18. The molecule has 0 aliphatic heterocycles. The van der Waals surface area contributed by atoms with Crippen LogP contribution in [-0.4, -0.2) is 37.8 Å². The molecular formula is C13H12N6O2S. The summed E-state index contributed by atoms with van der Waals surface area (Å²) in [5.74, 6) is 0.0713. The second kappa shape index (κ2) is 5.53. The molecule has 0 saturated carbocycles. The first kappa shape index (κ1) is 14.1. The van der Waals surface area contributed by atoms with E-state index >= 15 is 0 Å². The van der Waals surface area contributed by atoms with E-state index in [-0.39, 0.29) is 23.6 Å². The molecule has 3 aromatic rings. The zero-order valence-electron chi connectivity index (χ0n) is 11.6. The molecule has 112 valence electrons. The minimum Gasteiger partial charge on any atom is -0.382 e. The Morgan fingerprint density at radius 3 is 2.95 bits per heavy atom. The summed E-state index contributed by atoms with van der Waals surface area (Å²) in [7, 11) is 1.58. The van der Waals surface area contributed by atoms with Crippen LogP contribution in [0.1, 0.15) is 16.3 Å². The maximum absolute atomic E-state index is 12.3. The average molecular weight is 316 g/mol. The quantitative estimate of drug-likeness (QED) is 0.731. The van der Waals surface area contributed by atoms with E-state index < -0.39 is 5.91 Å². The molecule has 0 radical (unpaired) electrons. The number of fused-ring (bicyclic) bond motifs is 1. The van der Waals surface area contributed by atoms with Crippen molar-refractivity contribution in [2.24, 2.45) is 0 Å². The Morgan fingerprint density at radius 2 is 2.18 bits per heavy atom. The van der Waals surface area contributed by atoms with Gasteiger partial charge >= 0.3 is 0 Å². The van der Waals surface area contributed by atoms with E-state index in [0.29, 0.717) is 16.0 Å². The Hall–Kier alpha value is -2.81. The largest absolute Gasteiger partial charge is 0.382 e. The molecule has 9 heteroatoms. The summed E-state index contributed by atoms with van der Waals surface area (Å²) in [6, 6.07) is 1.77. The fourth-order valence-corrected chi connectivity index (χ4v) is 2.71. The number of carbonyl (C=O) groups excluding carboxylic acids is 1. The van der Waals surface area contributed by atoms with Crippen molar-refractivity contribution in [3.8, 4) is 0 Å². The van der Waals surface area contributed by atoms with Crippen LogP contribution in [0.5, 0.6) is 0 Å². The second-order valence-corrected chi connectivity index (χ2v) is 5.52. The van der Waals surface area contributed by atoms with E-state index in [4.69, 9.17) is 5.73 Å². The number of nitrogens with zero attached hydrogens (tertiary/aromatic N) is 4. The van der Waals surface area contributed by atoms with Crippen LogP contribution in [-0.2, 0) is 6.54 Å². The number of aromatic amines is 1. The summed E-state index contributed by atoms with van der Waals surface area (Å²) >= 11 is 1.33. The van der Waals surface area contributed by atoms with Gasteiger partial charge in [0.25, 0.3) is 11.5 Å². The first-order chi connectivity index (χ1) is 10.6. The van der Waals surface area contributed by atoms with Crippen LogP contribution in [0.2, 0.25) is 0 Å². The number of H-pyrrole nitrogens is 1. The van der Waals surface area contributed by atoms with Crippen LogP contribution in [0.4, 0.5) is 5.82 Å². The minimum absolute atomic E-state index is 0.0640. The van der Waals surface area contributed by atoms with Crippen molar-refractivity contribution in [1.29, 1.82) is 0 Å². The first-order valence-electron chi connectivity index (χ1n) is 6.34. The summed E-state index contributed by atoms with van der Waals surface area (Å²) in [5.41, 5.74) is 6.12. The Labute approximate surface area is 128 Å². The molecule has 3 aromatic heterocycles. The molecule has 3 N–H and O–H groups in total. The molecule has 1 amide bonds. The molecule has 0 bridgehead atoms. The van der Waals surface area contributed by atoms with Crippen molar-refractivity contribution in [3.63, 3.8) is 0 Å². The number of carbonyl (C=O) groups is 1. The molecule has 22 heavy (non-hydrogen) atoms. The number of hydrogen-bond acceptors (Lipinski definition) is 7. The van der Waals surface area contributed by atoms with Crippen LogP contribution in [0.25, 0.3) is 10.2 Å². The molecule has 3 rings (SSSR count). The third-order valence-electron chi connectivity index (χ3n) is 3.03. The van der Waals surface area contributed by atoms with Gasteiger partial charge in [-0.15, -0.1) is 11.3 Å². The highest BCUT2D eigenvalue weighted by Crippen LogP contribution is 2.14. The van der Waals surface area contributed by atoms with Crippen LogP contribution in [0.15, 0.2) is 28.6 Å². The Morgan fingerprint density at radius 1 is 1.41 bits per heavy atom. The lowest BCUT2D eigenvalue weighted by Crippen LogP contribution is -2.29. The smallest absolute Gasteiger partial charge is 0.276 e. The van der Waals surface area contributed by atoms with Gasteiger partial charge in [-0.1, -0.05) is 0 Å². The zero-order valence-corrected chi connectivity index (χ0v) is 12.4. The number of thiophene rings is 1. The summed E-state index contributed by atoms with van der Waals surface area (Å²) in [5, 5.41) is 1.80. The van der Waals surface area contributed by atoms with E-state index in [1.165, 1.54) is 28.6 Å². The van der Waals surface area contributed by atoms with Crippen LogP contribution in [0, 0.1) is 0 Å². The summed E-state index contributed by atoms with van der Waals surface area (Å²) in [4.78, 5) is 40.3. The third kappa shape index (κ3) is 2.53. The number of rotatable bonds is 3. The number of aromatic nitrogens is 4. The number of hydrogen-bond donors (Lipinski definition) is 2. The predicted octanol–water partition coefficient (Wildman–Crippen LogP) is 0.629. The maximum atomic E-state index is 12.3. The Bertz CT molecular complexity index is 903. The molecule has 0 aromatic carbocycles. The second-order valence-electron chi connectivity index (χ2n) is 4.60. The van der Waals surface area contributed by atoms with Gasteiger partial charge in [-0.3, -0.25) is 9.59 Å². The number of amides is 1. The minimum atomic E-state index is -0.390. The monoisotopic (exact) mass is 316 g/mol. The van der Waals surface area contributed by atoms with E-state index in [9.17, 15) is 9.59 Å². The molecular weight excluding hydrogens is 304 g/mol. The summed E-state index contributed by atoms with van der Waals surface area (Å²) < 4.78 is 0.566. The number of anilines is 1. The van der Waals surface area contributed by atoms with Gasteiger partial charge in [0.1, 0.15) is 10.5 Å². The number of nitrogen functional groups attached to an aromatic ring is 1. The van der Waals surface area contributed by atoms with Gasteiger partial charge in [0.05, 0.1) is 12.1 Å². The maximum Gasteiger partial charge on any atom is 0.276 e. The fraction of sp³-hybridized carbons (Fsp3) is 0.154. The predicted molar refractivity (Wildman–Crippen MR) is 82.5 cm³/mol. The summed E-state index contributed by atoms with van der Waals surface area (Å²) in [6.07, 6.45) is 2.81. The zero-order chi connectivity index (χ0) is 15.7. The molecule has 8 nitrogen and oxygen atoms in total. The fourth-order valence-electron chi connectivity index (χ4n) is 1.99. The van der Waals surface area contributed by atoms with Crippen LogP contribution >= 0.6 is 11.3 Å². The van der Waals surface area contributed by atoms with Crippen molar-refractivity contribution in [3.05, 3.63) is 45.7 Å². The van der Waals surface area contributed by atoms with Gasteiger partial charge in [-0.05, 0) is 11.4 Å². The number of nitrogens with two attached hydrogens (primary N) is 1. The molecule has 0 aliphatic carbocycles. The molecule has 0 spiro atoms. The van der Waals surface area contributed by atoms with Crippen LogP contribution in [0.3, 0.4) is 0 Å². The van der Waals surface area contributed by atoms with Crippen molar-refractivity contribution in [2.45, 2.75) is 6.54 Å². The SMILES string of the molecule is CN(Cc1nc2ccsc2c(=O)[nH]1)C(=O)c1nccnc1N. The topological polar surface area (TPSA) is 118 Å². The number of nitrogens with one attached hydrogen (secondary N) is 1. The molecule has 0 saturated heterocycles. The van der Waals surface area contributed by atoms with Crippen molar-refractivity contribution >= 4 is 33.3 Å². The van der Waals surface area contributed by atoms with Gasteiger partial charge in [0, 0.05) is 19.4 Å². The lowest BCUT2D eigenvalue weighted by Gasteiger charge is -2.16. The van der Waals surface area contributed by atoms with Gasteiger partial charge in [0.2, 0.25) is 0 Å². The van der Waals surface area contributed by atoms with E-state index in [1.807, 2.05) is 0 Å². The Balaban J connectivity index is 1.86. The standard InChI is InChI=1S/C13H12N6O2S/c1-19(13(21)9-11(14)16-4-3-15-9)6-8-17-7-2-5-22-10(7)12(20)18-8/h2-5H,6H2,1H3,(H2,14,16)(H,17,18,20). The van der Waals surface area contributed by atoms with Gasteiger partial charge in [-0.25, -0.2) is 15.0 Å². The van der Waals surface area contributed by atoms with E-state index in [2.05, 4.69) is 19.9 Å². The molecule has 0 unspecified atom stereocenters. The molecule has 0 fully saturated rings. The normalized spacial score (nSPS) is 10.8. The highest BCUT2D eigenvalue weighted by molar-refractivity contribution is 7.17. The van der Waals surface area contributed by atoms with Gasteiger partial charge in [-0.2, -0.15) is 0 Å². The third-order valence-corrected chi connectivity index (χ3v) is 3.93. The molecule has 3 heterocycles. The average Bonchev–Trinajstić information content (AvgIpc) is 2.96.